The highest BCUT2D eigenvalue weighted by molar-refractivity contribution is 7.87. The lowest BCUT2D eigenvalue weighted by atomic mass is 10.1. The first-order valence-corrected chi connectivity index (χ1v) is 5.55. The topological polar surface area (TPSA) is 98.2 Å². The van der Waals surface area contributed by atoms with Crippen molar-refractivity contribution in [3.63, 3.8) is 0 Å². The second-order valence-electron chi connectivity index (χ2n) is 3.33. The SMILES string of the molecule is NC1CCC(CNS(N)(=O)=O)C1. The Labute approximate surface area is 72.7 Å². The molecule has 1 aliphatic carbocycles. The van der Waals surface area contributed by atoms with Gasteiger partial charge in [0, 0.05) is 12.6 Å². The molecule has 12 heavy (non-hydrogen) atoms. The molecule has 0 aromatic carbocycles. The van der Waals surface area contributed by atoms with Crippen LogP contribution in [0.1, 0.15) is 19.3 Å². The van der Waals surface area contributed by atoms with Gasteiger partial charge in [0.2, 0.25) is 0 Å². The Morgan fingerprint density at radius 2 is 2.08 bits per heavy atom. The fourth-order valence-corrected chi connectivity index (χ4v) is 2.00. The second kappa shape index (κ2) is 3.69. The predicted molar refractivity (Wildman–Crippen MR) is 46.4 cm³/mol. The van der Waals surface area contributed by atoms with Crippen molar-refractivity contribution in [1.82, 2.24) is 4.72 Å². The van der Waals surface area contributed by atoms with Gasteiger partial charge in [0.05, 0.1) is 0 Å². The summed E-state index contributed by atoms with van der Waals surface area (Å²) in [5, 5.41) is 4.78. The number of nitrogens with two attached hydrogens (primary N) is 2. The third-order valence-electron chi connectivity index (χ3n) is 2.15. The first kappa shape index (κ1) is 9.91. The Hall–Kier alpha value is -0.170. The minimum Gasteiger partial charge on any atom is -0.328 e. The smallest absolute Gasteiger partial charge is 0.274 e. The van der Waals surface area contributed by atoms with Crippen molar-refractivity contribution in [2.75, 3.05) is 6.54 Å². The van der Waals surface area contributed by atoms with Crippen LogP contribution >= 0.6 is 0 Å². The lowest BCUT2D eigenvalue weighted by Crippen LogP contribution is -2.34. The van der Waals surface area contributed by atoms with Crippen molar-refractivity contribution >= 4 is 10.2 Å². The first-order chi connectivity index (χ1) is 5.47. The van der Waals surface area contributed by atoms with Gasteiger partial charge in [0.25, 0.3) is 10.2 Å². The molecule has 0 bridgehead atoms. The third-order valence-corrected chi connectivity index (χ3v) is 2.72. The Kier molecular flexibility index (Phi) is 3.05. The van der Waals surface area contributed by atoms with Crippen LogP contribution in [-0.4, -0.2) is 21.0 Å². The molecule has 1 aliphatic rings. The Morgan fingerprint density at radius 1 is 1.42 bits per heavy atom. The third kappa shape index (κ3) is 3.48. The van der Waals surface area contributed by atoms with Gasteiger partial charge in [-0.3, -0.25) is 0 Å². The zero-order valence-corrected chi connectivity index (χ0v) is 7.68. The molecule has 0 saturated heterocycles. The maximum Gasteiger partial charge on any atom is 0.274 e. The van der Waals surface area contributed by atoms with Crippen LogP contribution in [0.2, 0.25) is 0 Å². The molecule has 0 heterocycles. The monoisotopic (exact) mass is 193 g/mol. The van der Waals surface area contributed by atoms with E-state index in [4.69, 9.17) is 10.9 Å². The second-order valence-corrected chi connectivity index (χ2v) is 4.71. The van der Waals surface area contributed by atoms with E-state index in [1.54, 1.807) is 0 Å². The van der Waals surface area contributed by atoms with Gasteiger partial charge < -0.3 is 5.73 Å². The van der Waals surface area contributed by atoms with E-state index in [9.17, 15) is 8.42 Å². The standard InChI is InChI=1S/C6H15N3O2S/c7-6-2-1-5(3-6)4-9-12(8,10)11/h5-6,9H,1-4,7H2,(H2,8,10,11). The van der Waals surface area contributed by atoms with Gasteiger partial charge in [0.1, 0.15) is 0 Å². The number of hydrogen-bond donors (Lipinski definition) is 3. The van der Waals surface area contributed by atoms with E-state index in [2.05, 4.69) is 4.72 Å². The van der Waals surface area contributed by atoms with E-state index in [-0.39, 0.29) is 6.04 Å². The maximum atomic E-state index is 10.5. The molecule has 0 amide bonds. The van der Waals surface area contributed by atoms with E-state index in [1.165, 1.54) is 0 Å². The molecule has 0 aromatic rings. The zero-order valence-electron chi connectivity index (χ0n) is 6.86. The quantitative estimate of drug-likeness (QED) is 0.531. The fraction of sp³-hybridized carbons (Fsp3) is 1.00. The molecule has 1 saturated carbocycles. The summed E-state index contributed by atoms with van der Waals surface area (Å²) in [6, 6.07) is 0.234. The Bertz CT molecular complexity index is 239. The summed E-state index contributed by atoms with van der Waals surface area (Å²) in [5.41, 5.74) is 5.66. The van der Waals surface area contributed by atoms with Crippen molar-refractivity contribution in [3.05, 3.63) is 0 Å². The van der Waals surface area contributed by atoms with Gasteiger partial charge >= 0.3 is 0 Å². The summed E-state index contributed by atoms with van der Waals surface area (Å²) in [4.78, 5) is 0. The molecule has 2 atom stereocenters. The molecule has 0 aliphatic heterocycles. The van der Waals surface area contributed by atoms with Gasteiger partial charge in [-0.2, -0.15) is 8.42 Å². The van der Waals surface area contributed by atoms with E-state index in [1.807, 2.05) is 0 Å². The fourth-order valence-electron chi connectivity index (χ4n) is 1.53. The van der Waals surface area contributed by atoms with Crippen molar-refractivity contribution in [1.29, 1.82) is 0 Å². The minimum atomic E-state index is -3.52. The van der Waals surface area contributed by atoms with Gasteiger partial charge in [-0.05, 0) is 25.2 Å². The predicted octanol–water partition coefficient (Wildman–Crippen LogP) is -1.09. The van der Waals surface area contributed by atoms with Crippen LogP contribution in [0.25, 0.3) is 0 Å². The summed E-state index contributed by atoms with van der Waals surface area (Å²) < 4.78 is 23.3. The summed E-state index contributed by atoms with van der Waals surface area (Å²) in [5.74, 6) is 0.360. The van der Waals surface area contributed by atoms with Crippen LogP contribution < -0.4 is 15.6 Å². The molecular weight excluding hydrogens is 178 g/mol. The highest BCUT2D eigenvalue weighted by Crippen LogP contribution is 2.23. The van der Waals surface area contributed by atoms with E-state index in [0.29, 0.717) is 12.5 Å². The van der Waals surface area contributed by atoms with E-state index >= 15 is 0 Å². The van der Waals surface area contributed by atoms with Crippen LogP contribution in [-0.2, 0) is 10.2 Å². The molecule has 1 fully saturated rings. The lowest BCUT2D eigenvalue weighted by molar-refractivity contribution is 0.513. The number of rotatable bonds is 3. The minimum absolute atomic E-state index is 0.234. The molecule has 1 rings (SSSR count). The summed E-state index contributed by atoms with van der Waals surface area (Å²) in [6.07, 6.45) is 2.86. The van der Waals surface area contributed by atoms with Gasteiger partial charge in [-0.15, -0.1) is 0 Å². The zero-order chi connectivity index (χ0) is 9.19. The van der Waals surface area contributed by atoms with Gasteiger partial charge in [0.15, 0.2) is 0 Å². The molecule has 6 heteroatoms. The number of hydrogen-bond acceptors (Lipinski definition) is 3. The average molecular weight is 193 g/mol. The van der Waals surface area contributed by atoms with Crippen molar-refractivity contribution in [3.8, 4) is 0 Å². The van der Waals surface area contributed by atoms with Crippen LogP contribution in [0.4, 0.5) is 0 Å². The van der Waals surface area contributed by atoms with Crippen LogP contribution in [0.15, 0.2) is 0 Å². The maximum absolute atomic E-state index is 10.5. The Balaban J connectivity index is 2.25. The van der Waals surface area contributed by atoms with Crippen LogP contribution in [0.5, 0.6) is 0 Å². The van der Waals surface area contributed by atoms with E-state index < -0.39 is 10.2 Å². The molecule has 2 unspecified atom stereocenters. The molecule has 0 radical (unpaired) electrons. The average Bonchev–Trinajstić information content (AvgIpc) is 2.30. The van der Waals surface area contributed by atoms with Gasteiger partial charge in [-0.1, -0.05) is 0 Å². The van der Waals surface area contributed by atoms with Crippen LogP contribution in [0.3, 0.4) is 0 Å². The highest BCUT2D eigenvalue weighted by Gasteiger charge is 2.22. The van der Waals surface area contributed by atoms with Crippen molar-refractivity contribution < 1.29 is 8.42 Å². The molecule has 72 valence electrons. The van der Waals surface area contributed by atoms with Crippen LogP contribution in [0, 0.1) is 5.92 Å². The summed E-state index contributed by atoms with van der Waals surface area (Å²) in [7, 11) is -3.52. The van der Waals surface area contributed by atoms with E-state index in [0.717, 1.165) is 19.3 Å². The largest absolute Gasteiger partial charge is 0.328 e. The van der Waals surface area contributed by atoms with Crippen molar-refractivity contribution in [2.45, 2.75) is 25.3 Å². The van der Waals surface area contributed by atoms with Gasteiger partial charge in [-0.25, -0.2) is 9.86 Å². The van der Waals surface area contributed by atoms with Crippen molar-refractivity contribution in [2.24, 2.45) is 16.8 Å². The summed E-state index contributed by atoms with van der Waals surface area (Å²) >= 11 is 0. The first-order valence-electron chi connectivity index (χ1n) is 4.00. The molecule has 0 spiro atoms. The molecular formula is C6H15N3O2S. The normalized spacial score (nSPS) is 30.8. The molecule has 0 aromatic heterocycles. The molecule has 5 N–H and O–H groups in total. The summed E-state index contributed by atoms with van der Waals surface area (Å²) in [6.45, 7) is 0.423. The molecule has 5 nitrogen and oxygen atoms in total. The Morgan fingerprint density at radius 3 is 2.50 bits per heavy atom. The number of nitrogens with one attached hydrogen (secondary N) is 1. The highest BCUT2D eigenvalue weighted by atomic mass is 32.2. The lowest BCUT2D eigenvalue weighted by Gasteiger charge is -2.08.